The van der Waals surface area contributed by atoms with Crippen molar-refractivity contribution in [2.45, 2.75) is 45.3 Å². The van der Waals surface area contributed by atoms with E-state index in [1.165, 1.54) is 24.3 Å². The van der Waals surface area contributed by atoms with Crippen LogP contribution >= 0.6 is 0 Å². The van der Waals surface area contributed by atoms with E-state index < -0.39 is 16.6 Å². The van der Waals surface area contributed by atoms with Crippen LogP contribution < -0.4 is 5.32 Å². The van der Waals surface area contributed by atoms with E-state index in [-0.39, 0.29) is 30.2 Å². The number of hydrogen-bond acceptors (Lipinski definition) is 6. The summed E-state index contributed by atoms with van der Waals surface area (Å²) in [5.74, 6) is -0.410. The molecule has 9 heteroatoms. The number of non-ortho nitro benzene ring substituents is 1. The first-order valence-electron chi connectivity index (χ1n) is 9.25. The van der Waals surface area contributed by atoms with Gasteiger partial charge in [0.05, 0.1) is 11.0 Å². The van der Waals surface area contributed by atoms with E-state index in [2.05, 4.69) is 5.32 Å². The molecule has 0 radical (unpaired) electrons. The molecule has 9 nitrogen and oxygen atoms in total. The second kappa shape index (κ2) is 9.01. The minimum absolute atomic E-state index is 0.0168. The predicted molar refractivity (Wildman–Crippen MR) is 102 cm³/mol. The average molecular weight is 393 g/mol. The number of likely N-dealkylation sites (tertiary alicyclic amines) is 1. The average Bonchev–Trinajstić information content (AvgIpc) is 2.64. The second-order valence-electron chi connectivity index (χ2n) is 7.85. The molecule has 0 bridgehead atoms. The lowest BCUT2D eigenvalue weighted by atomic mass is 9.96. The number of aliphatic hydroxyl groups excluding tert-OH is 1. The summed E-state index contributed by atoms with van der Waals surface area (Å²) < 4.78 is 5.34. The molecule has 1 atom stereocenters. The maximum atomic E-state index is 12.3. The molecule has 2 rings (SSSR count). The topological polar surface area (TPSA) is 122 Å². The van der Waals surface area contributed by atoms with Crippen LogP contribution in [0, 0.1) is 16.0 Å². The van der Waals surface area contributed by atoms with Crippen LogP contribution in [0.3, 0.4) is 0 Å². The highest BCUT2D eigenvalue weighted by atomic mass is 16.6. The maximum Gasteiger partial charge on any atom is 0.410 e. The number of carbonyl (C=O) groups excluding carboxylic acids is 2. The van der Waals surface area contributed by atoms with Gasteiger partial charge in [0, 0.05) is 37.7 Å². The van der Waals surface area contributed by atoms with Gasteiger partial charge in [-0.25, -0.2) is 4.79 Å². The number of amides is 2. The summed E-state index contributed by atoms with van der Waals surface area (Å²) in [5.41, 5.74) is -0.123. The molecule has 1 aliphatic heterocycles. The molecule has 1 aromatic carbocycles. The molecule has 1 unspecified atom stereocenters. The maximum absolute atomic E-state index is 12.3. The van der Waals surface area contributed by atoms with Gasteiger partial charge in [-0.2, -0.15) is 0 Å². The van der Waals surface area contributed by atoms with E-state index in [1.807, 2.05) is 0 Å². The summed E-state index contributed by atoms with van der Waals surface area (Å²) >= 11 is 0. The van der Waals surface area contributed by atoms with Crippen molar-refractivity contribution in [1.82, 2.24) is 10.2 Å². The third-order valence-electron chi connectivity index (χ3n) is 4.48. The summed E-state index contributed by atoms with van der Waals surface area (Å²) in [4.78, 5) is 36.1. The van der Waals surface area contributed by atoms with Crippen molar-refractivity contribution >= 4 is 17.7 Å². The van der Waals surface area contributed by atoms with Crippen LogP contribution in [0.4, 0.5) is 10.5 Å². The first kappa shape index (κ1) is 21.6. The Balaban J connectivity index is 1.78. The molecular formula is C19H27N3O6. The van der Waals surface area contributed by atoms with Crippen LogP contribution in [0.5, 0.6) is 0 Å². The lowest BCUT2D eigenvalue weighted by Gasteiger charge is -2.33. The molecule has 0 aliphatic carbocycles. The fourth-order valence-corrected chi connectivity index (χ4v) is 2.93. The van der Waals surface area contributed by atoms with E-state index in [9.17, 15) is 24.8 Å². The van der Waals surface area contributed by atoms with Crippen molar-refractivity contribution in [3.63, 3.8) is 0 Å². The number of carbonyl (C=O) groups is 2. The minimum Gasteiger partial charge on any atom is -0.444 e. The van der Waals surface area contributed by atoms with Crippen molar-refractivity contribution < 1.29 is 24.4 Å². The highest BCUT2D eigenvalue weighted by Crippen LogP contribution is 2.21. The number of benzene rings is 1. The molecular weight excluding hydrogens is 366 g/mol. The summed E-state index contributed by atoms with van der Waals surface area (Å²) in [6.07, 6.45) is -0.274. The number of rotatable bonds is 5. The Kier molecular flexibility index (Phi) is 6.95. The SMILES string of the molecule is CC(C)(C)OC(=O)N1CCC(C(=O)NCC(O)c2ccc([N+](=O)[O-])cc2)CC1. The van der Waals surface area contributed by atoms with Crippen molar-refractivity contribution in [3.05, 3.63) is 39.9 Å². The molecule has 2 amide bonds. The monoisotopic (exact) mass is 393 g/mol. The summed E-state index contributed by atoms with van der Waals surface area (Å²) in [7, 11) is 0. The Labute approximate surface area is 163 Å². The first-order chi connectivity index (χ1) is 13.1. The quantitative estimate of drug-likeness (QED) is 0.585. The molecule has 2 N–H and O–H groups in total. The van der Waals surface area contributed by atoms with Gasteiger partial charge in [-0.3, -0.25) is 14.9 Å². The third-order valence-corrected chi connectivity index (χ3v) is 4.48. The number of nitro benzene ring substituents is 1. The van der Waals surface area contributed by atoms with Gasteiger partial charge in [-0.1, -0.05) is 0 Å². The normalized spacial score (nSPS) is 16.4. The Hall–Kier alpha value is -2.68. The van der Waals surface area contributed by atoms with Crippen molar-refractivity contribution in [3.8, 4) is 0 Å². The molecule has 1 fully saturated rings. The van der Waals surface area contributed by atoms with E-state index in [0.29, 0.717) is 31.5 Å². The fourth-order valence-electron chi connectivity index (χ4n) is 2.93. The molecule has 1 heterocycles. The standard InChI is InChI=1S/C19H27N3O6/c1-19(2,3)28-18(25)21-10-8-14(9-11-21)17(24)20-12-16(23)13-4-6-15(7-5-13)22(26)27/h4-7,14,16,23H,8-12H2,1-3H3,(H,20,24). The van der Waals surface area contributed by atoms with E-state index >= 15 is 0 Å². The number of hydrogen-bond donors (Lipinski definition) is 2. The van der Waals surface area contributed by atoms with Gasteiger partial charge in [0.15, 0.2) is 0 Å². The van der Waals surface area contributed by atoms with Gasteiger partial charge >= 0.3 is 6.09 Å². The van der Waals surface area contributed by atoms with E-state index in [1.54, 1.807) is 25.7 Å². The van der Waals surface area contributed by atoms with Gasteiger partial charge < -0.3 is 20.1 Å². The van der Waals surface area contributed by atoms with Gasteiger partial charge in [-0.15, -0.1) is 0 Å². The van der Waals surface area contributed by atoms with Crippen molar-refractivity contribution in [2.24, 2.45) is 5.92 Å². The Bertz CT molecular complexity index is 705. The van der Waals surface area contributed by atoms with E-state index in [4.69, 9.17) is 4.74 Å². The summed E-state index contributed by atoms with van der Waals surface area (Å²) in [6, 6.07) is 5.56. The number of nitrogens with zero attached hydrogens (tertiary/aromatic N) is 2. The molecule has 1 saturated heterocycles. The Morgan fingerprint density at radius 1 is 1.29 bits per heavy atom. The largest absolute Gasteiger partial charge is 0.444 e. The molecule has 154 valence electrons. The Morgan fingerprint density at radius 3 is 2.36 bits per heavy atom. The van der Waals surface area contributed by atoms with Crippen LogP contribution in [0.1, 0.15) is 45.3 Å². The smallest absolute Gasteiger partial charge is 0.410 e. The van der Waals surface area contributed by atoms with Crippen LogP contribution in [0.25, 0.3) is 0 Å². The Morgan fingerprint density at radius 2 is 1.86 bits per heavy atom. The fraction of sp³-hybridized carbons (Fsp3) is 0.579. The number of aliphatic hydroxyl groups is 1. The summed E-state index contributed by atoms with van der Waals surface area (Å²) in [6.45, 7) is 6.32. The molecule has 0 spiro atoms. The van der Waals surface area contributed by atoms with Crippen LogP contribution in [-0.2, 0) is 9.53 Å². The van der Waals surface area contributed by atoms with Gasteiger partial charge in [0.1, 0.15) is 5.60 Å². The number of piperidine rings is 1. The molecule has 28 heavy (non-hydrogen) atoms. The highest BCUT2D eigenvalue weighted by Gasteiger charge is 2.30. The lowest BCUT2D eigenvalue weighted by molar-refractivity contribution is -0.384. The number of nitrogens with one attached hydrogen (secondary N) is 1. The van der Waals surface area contributed by atoms with Gasteiger partial charge in [0.25, 0.3) is 5.69 Å². The lowest BCUT2D eigenvalue weighted by Crippen LogP contribution is -2.45. The van der Waals surface area contributed by atoms with Crippen LogP contribution in [0.2, 0.25) is 0 Å². The molecule has 0 aromatic heterocycles. The van der Waals surface area contributed by atoms with Crippen molar-refractivity contribution in [2.75, 3.05) is 19.6 Å². The van der Waals surface area contributed by atoms with E-state index in [0.717, 1.165) is 0 Å². The molecule has 1 aromatic rings. The molecule has 0 saturated carbocycles. The minimum atomic E-state index is -0.952. The molecule has 1 aliphatic rings. The van der Waals surface area contributed by atoms with Gasteiger partial charge in [0.2, 0.25) is 5.91 Å². The van der Waals surface area contributed by atoms with Crippen molar-refractivity contribution in [1.29, 1.82) is 0 Å². The zero-order chi connectivity index (χ0) is 20.9. The zero-order valence-corrected chi connectivity index (χ0v) is 16.4. The number of nitro groups is 1. The third kappa shape index (κ3) is 6.19. The van der Waals surface area contributed by atoms with Crippen LogP contribution in [-0.4, -0.2) is 52.2 Å². The summed E-state index contributed by atoms with van der Waals surface area (Å²) in [5, 5.41) is 23.5. The van der Waals surface area contributed by atoms with Crippen LogP contribution in [0.15, 0.2) is 24.3 Å². The highest BCUT2D eigenvalue weighted by molar-refractivity contribution is 5.79. The number of ether oxygens (including phenoxy) is 1. The zero-order valence-electron chi connectivity index (χ0n) is 16.4. The first-order valence-corrected chi connectivity index (χ1v) is 9.25. The van der Waals surface area contributed by atoms with Gasteiger partial charge in [-0.05, 0) is 51.3 Å². The second-order valence-corrected chi connectivity index (χ2v) is 7.85. The predicted octanol–water partition coefficient (Wildman–Crippen LogP) is 2.39.